The Hall–Kier alpha value is 0.0969. The molecule has 1 atom stereocenters. The molecule has 0 aliphatic carbocycles. The lowest BCUT2D eigenvalue weighted by Gasteiger charge is -2.27. The monoisotopic (exact) mass is 219 g/mol. The van der Waals surface area contributed by atoms with Crippen LogP contribution in [0.25, 0.3) is 0 Å². The van der Waals surface area contributed by atoms with Gasteiger partial charge in [-0.3, -0.25) is 4.90 Å². The molecule has 0 aliphatic rings. The summed E-state index contributed by atoms with van der Waals surface area (Å²) in [5.74, 6) is 0. The highest BCUT2D eigenvalue weighted by Crippen LogP contribution is 2.09. The van der Waals surface area contributed by atoms with Crippen LogP contribution in [0.2, 0.25) is 25.7 Å². The summed E-state index contributed by atoms with van der Waals surface area (Å²) < 4.78 is 5.36. The number of aliphatic hydroxyl groups excluding tert-OH is 1. The molecule has 0 bridgehead atoms. The highest BCUT2D eigenvalue weighted by molar-refractivity contribution is 6.76. The molecule has 0 fully saturated rings. The SMILES string of the molecule is CC(C)N(C)C(O)OCC[Si](C)(C)C. The average Bonchev–Trinajstić information content (AvgIpc) is 2.00. The largest absolute Gasteiger partial charge is 0.356 e. The molecule has 1 unspecified atom stereocenters. The van der Waals surface area contributed by atoms with Crippen LogP contribution in [0.1, 0.15) is 13.8 Å². The zero-order valence-corrected chi connectivity index (χ0v) is 11.4. The Morgan fingerprint density at radius 3 is 2.14 bits per heavy atom. The fraction of sp³-hybridized carbons (Fsp3) is 1.00. The minimum Gasteiger partial charge on any atom is -0.356 e. The van der Waals surface area contributed by atoms with E-state index < -0.39 is 14.5 Å². The Labute approximate surface area is 89.1 Å². The van der Waals surface area contributed by atoms with Crippen molar-refractivity contribution in [2.24, 2.45) is 0 Å². The normalized spacial score (nSPS) is 15.2. The first kappa shape index (κ1) is 14.1. The molecule has 3 nitrogen and oxygen atoms in total. The number of rotatable bonds is 6. The van der Waals surface area contributed by atoms with E-state index in [0.29, 0.717) is 12.6 Å². The van der Waals surface area contributed by atoms with Gasteiger partial charge >= 0.3 is 0 Å². The molecule has 0 radical (unpaired) electrons. The molecular formula is C10H25NO2Si. The number of hydrogen-bond acceptors (Lipinski definition) is 3. The van der Waals surface area contributed by atoms with Crippen molar-refractivity contribution < 1.29 is 9.84 Å². The molecule has 0 amide bonds. The van der Waals surface area contributed by atoms with Crippen LogP contribution in [0.5, 0.6) is 0 Å². The Morgan fingerprint density at radius 1 is 1.29 bits per heavy atom. The minimum atomic E-state index is -1.04. The number of nitrogens with zero attached hydrogens (tertiary/aromatic N) is 1. The molecule has 0 rings (SSSR count). The third-order valence-electron chi connectivity index (χ3n) is 2.28. The van der Waals surface area contributed by atoms with Crippen molar-refractivity contribution in [3.05, 3.63) is 0 Å². The van der Waals surface area contributed by atoms with Gasteiger partial charge in [0.25, 0.3) is 0 Å². The molecule has 86 valence electrons. The predicted octanol–water partition coefficient (Wildman–Crippen LogP) is 1.96. The van der Waals surface area contributed by atoms with Crippen LogP contribution in [-0.4, -0.2) is 44.2 Å². The summed E-state index contributed by atoms with van der Waals surface area (Å²) >= 11 is 0. The smallest absolute Gasteiger partial charge is 0.216 e. The van der Waals surface area contributed by atoms with Gasteiger partial charge in [0.15, 0.2) is 0 Å². The summed E-state index contributed by atoms with van der Waals surface area (Å²) in [6, 6.07) is 1.40. The second-order valence-corrected chi connectivity index (χ2v) is 10.9. The van der Waals surface area contributed by atoms with E-state index in [4.69, 9.17) is 4.74 Å². The van der Waals surface area contributed by atoms with E-state index in [1.54, 1.807) is 0 Å². The Balaban J connectivity index is 3.69. The summed E-state index contributed by atoms with van der Waals surface area (Å²) in [4.78, 5) is 1.81. The fourth-order valence-corrected chi connectivity index (χ4v) is 1.57. The van der Waals surface area contributed by atoms with Crippen molar-refractivity contribution in [3.8, 4) is 0 Å². The van der Waals surface area contributed by atoms with E-state index in [0.717, 1.165) is 6.04 Å². The van der Waals surface area contributed by atoms with Crippen LogP contribution in [-0.2, 0) is 4.74 Å². The molecule has 0 saturated heterocycles. The van der Waals surface area contributed by atoms with Crippen molar-refractivity contribution >= 4 is 8.07 Å². The van der Waals surface area contributed by atoms with Gasteiger partial charge in [0.1, 0.15) is 0 Å². The molecule has 0 aliphatic heterocycles. The summed E-state index contributed by atoms with van der Waals surface area (Å²) in [5.41, 5.74) is 0. The second kappa shape index (κ2) is 5.85. The predicted molar refractivity (Wildman–Crippen MR) is 63.0 cm³/mol. The lowest BCUT2D eigenvalue weighted by atomic mass is 10.4. The number of hydrogen-bond donors (Lipinski definition) is 1. The molecule has 0 aromatic heterocycles. The van der Waals surface area contributed by atoms with Crippen LogP contribution in [0.4, 0.5) is 0 Å². The van der Waals surface area contributed by atoms with E-state index in [-0.39, 0.29) is 0 Å². The lowest BCUT2D eigenvalue weighted by molar-refractivity contribution is -0.190. The molecule has 1 N–H and O–H groups in total. The van der Waals surface area contributed by atoms with Crippen molar-refractivity contribution in [1.82, 2.24) is 4.90 Å². The summed E-state index contributed by atoms with van der Waals surface area (Å²) in [7, 11) is 0.824. The zero-order valence-electron chi connectivity index (χ0n) is 10.4. The first-order chi connectivity index (χ1) is 6.24. The first-order valence-corrected chi connectivity index (χ1v) is 8.96. The zero-order chi connectivity index (χ0) is 11.4. The van der Waals surface area contributed by atoms with Gasteiger partial charge in [-0.05, 0) is 26.9 Å². The molecule has 14 heavy (non-hydrogen) atoms. The van der Waals surface area contributed by atoms with E-state index in [1.807, 2.05) is 25.8 Å². The lowest BCUT2D eigenvalue weighted by Crippen LogP contribution is -2.39. The molecule has 0 spiro atoms. The van der Waals surface area contributed by atoms with E-state index in [2.05, 4.69) is 19.6 Å². The van der Waals surface area contributed by atoms with E-state index >= 15 is 0 Å². The third-order valence-corrected chi connectivity index (χ3v) is 3.99. The maximum atomic E-state index is 9.60. The number of aliphatic hydroxyl groups is 1. The highest BCUT2D eigenvalue weighted by Gasteiger charge is 2.17. The van der Waals surface area contributed by atoms with Crippen LogP contribution in [0.3, 0.4) is 0 Å². The van der Waals surface area contributed by atoms with Gasteiger partial charge in [0.2, 0.25) is 6.41 Å². The van der Waals surface area contributed by atoms with Gasteiger partial charge in [-0.15, -0.1) is 0 Å². The van der Waals surface area contributed by atoms with Gasteiger partial charge in [-0.1, -0.05) is 19.6 Å². The molecule has 4 heteroatoms. The maximum Gasteiger partial charge on any atom is 0.216 e. The van der Waals surface area contributed by atoms with Gasteiger partial charge in [-0.25, -0.2) is 0 Å². The molecule has 0 heterocycles. The van der Waals surface area contributed by atoms with E-state index in [1.165, 1.54) is 0 Å². The summed E-state index contributed by atoms with van der Waals surface area (Å²) in [6.07, 6.45) is -0.758. The fourth-order valence-electron chi connectivity index (χ4n) is 0.843. The van der Waals surface area contributed by atoms with Gasteiger partial charge < -0.3 is 9.84 Å². The Morgan fingerprint density at radius 2 is 1.79 bits per heavy atom. The topological polar surface area (TPSA) is 32.7 Å². The number of ether oxygens (including phenoxy) is 1. The molecule has 0 aromatic rings. The first-order valence-electron chi connectivity index (χ1n) is 5.25. The standard InChI is InChI=1S/C10H25NO2Si/c1-9(2)11(3)10(12)13-7-8-14(4,5)6/h9-10,12H,7-8H2,1-6H3. The van der Waals surface area contributed by atoms with Crippen LogP contribution in [0, 0.1) is 0 Å². The molecular weight excluding hydrogens is 194 g/mol. The minimum absolute atomic E-state index is 0.303. The van der Waals surface area contributed by atoms with Crippen LogP contribution < -0.4 is 0 Å². The van der Waals surface area contributed by atoms with Crippen LogP contribution in [0.15, 0.2) is 0 Å². The van der Waals surface area contributed by atoms with Crippen molar-refractivity contribution in [3.63, 3.8) is 0 Å². The Kier molecular flexibility index (Phi) is 5.89. The quantitative estimate of drug-likeness (QED) is 0.547. The third kappa shape index (κ3) is 6.54. The molecule has 0 aromatic carbocycles. The van der Waals surface area contributed by atoms with Crippen molar-refractivity contribution in [2.45, 2.75) is 52.0 Å². The highest BCUT2D eigenvalue weighted by atomic mass is 28.3. The summed E-state index contributed by atoms with van der Waals surface area (Å²) in [5, 5.41) is 9.60. The van der Waals surface area contributed by atoms with Gasteiger partial charge in [0, 0.05) is 20.7 Å². The summed E-state index contributed by atoms with van der Waals surface area (Å²) in [6.45, 7) is 11.6. The van der Waals surface area contributed by atoms with Gasteiger partial charge in [0.05, 0.1) is 0 Å². The van der Waals surface area contributed by atoms with Crippen molar-refractivity contribution in [2.75, 3.05) is 13.7 Å². The maximum absolute atomic E-state index is 9.60. The van der Waals surface area contributed by atoms with E-state index in [9.17, 15) is 5.11 Å². The average molecular weight is 219 g/mol. The second-order valence-electron chi connectivity index (χ2n) is 5.27. The molecule has 0 saturated carbocycles. The Bertz CT molecular complexity index is 157. The van der Waals surface area contributed by atoms with Crippen LogP contribution >= 0.6 is 0 Å². The van der Waals surface area contributed by atoms with Crippen molar-refractivity contribution in [1.29, 1.82) is 0 Å². The van der Waals surface area contributed by atoms with Gasteiger partial charge in [-0.2, -0.15) is 0 Å².